The lowest BCUT2D eigenvalue weighted by Crippen LogP contribution is -2.42. The van der Waals surface area contributed by atoms with Crippen LogP contribution in [-0.2, 0) is 10.0 Å². The Morgan fingerprint density at radius 2 is 1.90 bits per heavy atom. The second-order valence-corrected chi connectivity index (χ2v) is 7.63. The van der Waals surface area contributed by atoms with Crippen molar-refractivity contribution in [2.45, 2.75) is 50.5 Å². The van der Waals surface area contributed by atoms with E-state index in [9.17, 15) is 13.5 Å². The number of aliphatic hydroxyl groups is 1. The van der Waals surface area contributed by atoms with Crippen LogP contribution in [-0.4, -0.2) is 37.0 Å². The highest BCUT2D eigenvalue weighted by Crippen LogP contribution is 2.29. The van der Waals surface area contributed by atoms with Crippen LogP contribution >= 0.6 is 0 Å². The maximum atomic E-state index is 12.9. The molecule has 1 unspecified atom stereocenters. The predicted molar refractivity (Wildman–Crippen MR) is 83.6 cm³/mol. The third kappa shape index (κ3) is 3.22. The van der Waals surface area contributed by atoms with Crippen LogP contribution in [0.5, 0.6) is 0 Å². The van der Waals surface area contributed by atoms with Crippen LogP contribution in [0.3, 0.4) is 0 Å². The van der Waals surface area contributed by atoms with Crippen LogP contribution in [0.4, 0.5) is 5.69 Å². The molecule has 1 saturated heterocycles. The van der Waals surface area contributed by atoms with Crippen LogP contribution in [0, 0.1) is 13.8 Å². The summed E-state index contributed by atoms with van der Waals surface area (Å²) >= 11 is 0. The maximum Gasteiger partial charge on any atom is 0.245 e. The molecule has 21 heavy (non-hydrogen) atoms. The second kappa shape index (κ2) is 6.34. The summed E-state index contributed by atoms with van der Waals surface area (Å²) in [4.78, 5) is 0.158. The van der Waals surface area contributed by atoms with Crippen molar-refractivity contribution < 1.29 is 13.5 Å². The van der Waals surface area contributed by atoms with Gasteiger partial charge in [0.15, 0.2) is 0 Å². The Hall–Kier alpha value is -1.11. The minimum atomic E-state index is -3.67. The van der Waals surface area contributed by atoms with Gasteiger partial charge in [-0.25, -0.2) is 8.42 Å². The van der Waals surface area contributed by atoms with Crippen molar-refractivity contribution in [2.75, 3.05) is 18.9 Å². The van der Waals surface area contributed by atoms with Gasteiger partial charge in [-0.05, 0) is 49.9 Å². The Labute approximate surface area is 126 Å². The number of anilines is 1. The molecule has 0 aromatic heterocycles. The average Bonchev–Trinajstić information content (AvgIpc) is 2.68. The Kier molecular flexibility index (Phi) is 4.91. The van der Waals surface area contributed by atoms with E-state index in [-0.39, 0.29) is 23.2 Å². The number of rotatable bonds is 3. The fourth-order valence-corrected chi connectivity index (χ4v) is 4.68. The number of hydrogen-bond acceptors (Lipinski definition) is 4. The molecule has 0 radical (unpaired) electrons. The fourth-order valence-electron chi connectivity index (χ4n) is 2.81. The van der Waals surface area contributed by atoms with E-state index < -0.39 is 10.0 Å². The van der Waals surface area contributed by atoms with Crippen molar-refractivity contribution in [1.82, 2.24) is 4.31 Å². The number of sulfonamides is 1. The van der Waals surface area contributed by atoms with Gasteiger partial charge in [0.2, 0.25) is 10.0 Å². The molecule has 0 aliphatic carbocycles. The smallest absolute Gasteiger partial charge is 0.245 e. The molecular weight excluding hydrogens is 288 g/mol. The summed E-state index contributed by atoms with van der Waals surface area (Å²) in [7, 11) is -3.67. The van der Waals surface area contributed by atoms with Crippen LogP contribution < -0.4 is 5.73 Å². The number of benzene rings is 1. The first-order valence-electron chi connectivity index (χ1n) is 7.37. The molecule has 1 heterocycles. The van der Waals surface area contributed by atoms with Gasteiger partial charge in [0, 0.05) is 12.6 Å². The normalized spacial score (nSPS) is 21.2. The van der Waals surface area contributed by atoms with Gasteiger partial charge < -0.3 is 10.8 Å². The fraction of sp³-hybridized carbons (Fsp3) is 0.600. The number of nitrogen functional groups attached to an aromatic ring is 1. The number of hydrogen-bond donors (Lipinski definition) is 2. The summed E-state index contributed by atoms with van der Waals surface area (Å²) in [5, 5.41) is 9.53. The Morgan fingerprint density at radius 3 is 2.57 bits per heavy atom. The van der Waals surface area contributed by atoms with E-state index in [2.05, 4.69) is 0 Å². The van der Waals surface area contributed by atoms with Crippen LogP contribution in [0.25, 0.3) is 0 Å². The molecule has 1 aromatic carbocycles. The number of nitrogens with zero attached hydrogens (tertiary/aromatic N) is 1. The molecule has 1 fully saturated rings. The zero-order chi connectivity index (χ0) is 15.6. The molecule has 6 heteroatoms. The highest BCUT2D eigenvalue weighted by atomic mass is 32.2. The lowest BCUT2D eigenvalue weighted by Gasteiger charge is -2.28. The second-order valence-electron chi connectivity index (χ2n) is 5.78. The van der Waals surface area contributed by atoms with Crippen LogP contribution in [0.2, 0.25) is 0 Å². The molecule has 2 rings (SSSR count). The van der Waals surface area contributed by atoms with Crippen molar-refractivity contribution in [1.29, 1.82) is 0 Å². The summed E-state index contributed by atoms with van der Waals surface area (Å²) in [6, 6.07) is 2.99. The minimum Gasteiger partial charge on any atom is -0.398 e. The highest BCUT2D eigenvalue weighted by Gasteiger charge is 2.33. The molecule has 1 aliphatic rings. The van der Waals surface area contributed by atoms with E-state index in [1.165, 1.54) is 4.31 Å². The predicted octanol–water partition coefficient (Wildman–Crippen LogP) is 1.81. The molecular formula is C15H24N2O3S. The maximum absolute atomic E-state index is 12.9. The average molecular weight is 312 g/mol. The van der Waals surface area contributed by atoms with Crippen LogP contribution in [0.1, 0.15) is 36.8 Å². The molecule has 3 N–H and O–H groups in total. The van der Waals surface area contributed by atoms with E-state index in [1.54, 1.807) is 12.1 Å². The molecule has 0 bridgehead atoms. The lowest BCUT2D eigenvalue weighted by molar-refractivity contribution is 0.186. The molecule has 0 spiro atoms. The van der Waals surface area contributed by atoms with Crippen molar-refractivity contribution in [3.8, 4) is 0 Å². The van der Waals surface area contributed by atoms with E-state index in [1.807, 2.05) is 13.8 Å². The summed E-state index contributed by atoms with van der Waals surface area (Å²) in [6.07, 6.45) is 3.45. The van der Waals surface area contributed by atoms with Gasteiger partial charge in [-0.15, -0.1) is 0 Å². The van der Waals surface area contributed by atoms with Gasteiger partial charge in [0.25, 0.3) is 0 Å². The highest BCUT2D eigenvalue weighted by molar-refractivity contribution is 7.89. The molecule has 1 atom stereocenters. The first kappa shape index (κ1) is 16.3. The molecule has 0 amide bonds. The van der Waals surface area contributed by atoms with Crippen molar-refractivity contribution in [3.05, 3.63) is 23.3 Å². The van der Waals surface area contributed by atoms with Crippen LogP contribution in [0.15, 0.2) is 17.0 Å². The summed E-state index contributed by atoms with van der Waals surface area (Å²) in [5.74, 6) is 0. The molecule has 5 nitrogen and oxygen atoms in total. The van der Waals surface area contributed by atoms with Crippen molar-refractivity contribution >= 4 is 15.7 Å². The summed E-state index contributed by atoms with van der Waals surface area (Å²) in [6.45, 7) is 4.08. The number of aryl methyl sites for hydroxylation is 2. The Balaban J connectivity index is 2.47. The molecule has 118 valence electrons. The van der Waals surface area contributed by atoms with Crippen molar-refractivity contribution in [2.24, 2.45) is 0 Å². The largest absolute Gasteiger partial charge is 0.398 e. The zero-order valence-electron chi connectivity index (χ0n) is 12.7. The first-order chi connectivity index (χ1) is 9.87. The van der Waals surface area contributed by atoms with Gasteiger partial charge >= 0.3 is 0 Å². The molecule has 1 aromatic rings. The van der Waals surface area contributed by atoms with Gasteiger partial charge in [0.1, 0.15) is 4.90 Å². The van der Waals surface area contributed by atoms with E-state index >= 15 is 0 Å². The van der Waals surface area contributed by atoms with Crippen molar-refractivity contribution in [3.63, 3.8) is 0 Å². The van der Waals surface area contributed by atoms with E-state index in [4.69, 9.17) is 5.73 Å². The molecule has 1 aliphatic heterocycles. The van der Waals surface area contributed by atoms with Gasteiger partial charge in [0.05, 0.1) is 12.3 Å². The van der Waals surface area contributed by atoms with Gasteiger partial charge in [-0.1, -0.05) is 12.8 Å². The van der Waals surface area contributed by atoms with Gasteiger partial charge in [-0.3, -0.25) is 0 Å². The first-order valence-corrected chi connectivity index (χ1v) is 8.81. The minimum absolute atomic E-state index is 0.149. The van der Waals surface area contributed by atoms with Gasteiger partial charge in [-0.2, -0.15) is 4.31 Å². The monoisotopic (exact) mass is 312 g/mol. The Bertz CT molecular complexity index is 614. The third-order valence-electron chi connectivity index (χ3n) is 4.25. The topological polar surface area (TPSA) is 83.6 Å². The molecule has 0 saturated carbocycles. The SMILES string of the molecule is Cc1cc(N)c(S(=O)(=O)N2CCCCCC2CO)cc1C. The third-order valence-corrected chi connectivity index (χ3v) is 6.25. The zero-order valence-corrected chi connectivity index (χ0v) is 13.5. The van der Waals surface area contributed by atoms with E-state index in [0.29, 0.717) is 13.0 Å². The number of nitrogens with two attached hydrogens (primary N) is 1. The van der Waals surface area contributed by atoms with E-state index in [0.717, 1.165) is 30.4 Å². The lowest BCUT2D eigenvalue weighted by atomic mass is 10.1. The quantitative estimate of drug-likeness (QED) is 0.834. The summed E-state index contributed by atoms with van der Waals surface area (Å²) < 4.78 is 27.3. The number of aliphatic hydroxyl groups excluding tert-OH is 1. The standard InChI is InChI=1S/C15H24N2O3S/c1-11-8-14(16)15(9-12(11)2)21(19,20)17-7-5-3-4-6-13(17)10-18/h8-9,13,18H,3-7,10,16H2,1-2H3. The Morgan fingerprint density at radius 1 is 1.24 bits per heavy atom. The summed E-state index contributed by atoms with van der Waals surface area (Å²) in [5.41, 5.74) is 8.09.